The van der Waals surface area contributed by atoms with Gasteiger partial charge in [-0.25, -0.2) is 0 Å². The second kappa shape index (κ2) is 3.47. The molecule has 0 saturated carbocycles. The second-order valence-corrected chi connectivity index (χ2v) is 3.64. The lowest BCUT2D eigenvalue weighted by Crippen LogP contribution is -2.65. The zero-order valence-corrected chi connectivity index (χ0v) is 7.79. The minimum atomic E-state index is -1.33. The summed E-state index contributed by atoms with van der Waals surface area (Å²) in [6, 6.07) is -0.397. The van der Waals surface area contributed by atoms with E-state index in [9.17, 15) is 15.3 Å². The number of rotatable bonds is 0. The van der Waals surface area contributed by atoms with E-state index in [1.165, 1.54) is 0 Å². The molecule has 0 aliphatic carbocycles. The van der Waals surface area contributed by atoms with E-state index >= 15 is 0 Å². The lowest BCUT2D eigenvalue weighted by molar-refractivity contribution is -0.254. The predicted molar refractivity (Wildman–Crippen MR) is 47.8 cm³/mol. The quantitative estimate of drug-likeness (QED) is 0.358. The van der Waals surface area contributed by atoms with Crippen LogP contribution in [-0.2, 0) is 4.74 Å². The Labute approximate surface area is 81.2 Å². The maximum Gasteiger partial charge on any atom is 0.183 e. The number of aliphatic hydroxyl groups excluding tert-OH is 3. The van der Waals surface area contributed by atoms with Crippen LogP contribution in [0.25, 0.3) is 0 Å². The second-order valence-electron chi connectivity index (χ2n) is 3.64. The van der Waals surface area contributed by atoms with Crippen LogP contribution in [0.3, 0.4) is 0 Å². The largest absolute Gasteiger partial charge is 0.388 e. The van der Waals surface area contributed by atoms with Gasteiger partial charge in [-0.3, -0.25) is 4.99 Å². The van der Waals surface area contributed by atoms with E-state index in [1.807, 2.05) is 0 Å². The summed E-state index contributed by atoms with van der Waals surface area (Å²) >= 11 is 0. The molecule has 5 unspecified atom stereocenters. The molecule has 0 spiro atoms. The molecule has 2 rings (SSSR count). The number of aliphatic imine (C=N–C) groups is 1. The van der Waals surface area contributed by atoms with E-state index < -0.39 is 24.5 Å². The summed E-state index contributed by atoms with van der Waals surface area (Å²) in [7, 11) is 0. The molecule has 6 heteroatoms. The van der Waals surface area contributed by atoms with E-state index in [2.05, 4.69) is 10.3 Å². The molecule has 1 fully saturated rings. The molecule has 1 saturated heterocycles. The van der Waals surface area contributed by atoms with E-state index in [4.69, 9.17) is 4.74 Å². The highest BCUT2D eigenvalue weighted by Crippen LogP contribution is 2.21. The number of aliphatic hydroxyl groups is 3. The molecule has 0 radical (unpaired) electrons. The van der Waals surface area contributed by atoms with E-state index in [1.54, 1.807) is 6.92 Å². The van der Waals surface area contributed by atoms with Crippen LogP contribution < -0.4 is 5.32 Å². The number of hydrogen-bond acceptors (Lipinski definition) is 6. The Morgan fingerprint density at radius 1 is 1.36 bits per heavy atom. The van der Waals surface area contributed by atoms with Crippen LogP contribution in [0.15, 0.2) is 4.99 Å². The van der Waals surface area contributed by atoms with Gasteiger partial charge in [-0.05, 0) is 6.92 Å². The molecule has 0 aromatic carbocycles. The normalized spacial score (nSPS) is 47.7. The van der Waals surface area contributed by atoms with Crippen molar-refractivity contribution in [2.45, 2.75) is 37.6 Å². The first-order valence-electron chi connectivity index (χ1n) is 4.57. The molecule has 2 aliphatic rings. The molecule has 0 aromatic rings. The Kier molecular flexibility index (Phi) is 2.44. The number of nitrogens with zero attached hydrogens (tertiary/aromatic N) is 1. The SMILES string of the molecule is CC1=NCC2OC(O)C(O)C(O)C2N1. The summed E-state index contributed by atoms with van der Waals surface area (Å²) < 4.78 is 5.10. The van der Waals surface area contributed by atoms with Crippen LogP contribution in [0.5, 0.6) is 0 Å². The molecule has 2 heterocycles. The number of hydrogen-bond donors (Lipinski definition) is 4. The van der Waals surface area contributed by atoms with Crippen LogP contribution in [-0.4, -0.2) is 58.3 Å². The highest BCUT2D eigenvalue weighted by atomic mass is 16.6. The molecule has 2 aliphatic heterocycles. The van der Waals surface area contributed by atoms with E-state index in [0.29, 0.717) is 12.4 Å². The van der Waals surface area contributed by atoms with Crippen molar-refractivity contribution in [3.8, 4) is 0 Å². The van der Waals surface area contributed by atoms with Gasteiger partial charge in [0.2, 0.25) is 0 Å². The molecule has 80 valence electrons. The third-order valence-corrected chi connectivity index (χ3v) is 2.61. The van der Waals surface area contributed by atoms with E-state index in [0.717, 1.165) is 0 Å². The maximum absolute atomic E-state index is 9.65. The molecular weight excluding hydrogens is 188 g/mol. The van der Waals surface area contributed by atoms with Gasteiger partial charge >= 0.3 is 0 Å². The Bertz CT molecular complexity index is 258. The van der Waals surface area contributed by atoms with Gasteiger partial charge in [-0.15, -0.1) is 0 Å². The van der Waals surface area contributed by atoms with Crippen LogP contribution in [0.2, 0.25) is 0 Å². The van der Waals surface area contributed by atoms with Crippen molar-refractivity contribution in [2.75, 3.05) is 6.54 Å². The molecule has 0 bridgehead atoms. The lowest BCUT2D eigenvalue weighted by atomic mass is 9.95. The van der Waals surface area contributed by atoms with Gasteiger partial charge < -0.3 is 25.4 Å². The third kappa shape index (κ3) is 1.50. The highest BCUT2D eigenvalue weighted by Gasteiger charge is 2.44. The Morgan fingerprint density at radius 2 is 2.07 bits per heavy atom. The summed E-state index contributed by atoms with van der Waals surface area (Å²) in [4.78, 5) is 4.08. The predicted octanol–water partition coefficient (Wildman–Crippen LogP) is -2.18. The van der Waals surface area contributed by atoms with Crippen molar-refractivity contribution in [1.82, 2.24) is 5.32 Å². The van der Waals surface area contributed by atoms with Crippen LogP contribution in [0.4, 0.5) is 0 Å². The molecule has 14 heavy (non-hydrogen) atoms. The van der Waals surface area contributed by atoms with Crippen LogP contribution in [0.1, 0.15) is 6.92 Å². The van der Waals surface area contributed by atoms with Crippen molar-refractivity contribution in [1.29, 1.82) is 0 Å². The number of fused-ring (bicyclic) bond motifs is 1. The minimum Gasteiger partial charge on any atom is -0.388 e. The molecule has 4 N–H and O–H groups in total. The molecule has 5 atom stereocenters. The summed E-state index contributed by atoms with van der Waals surface area (Å²) in [5.74, 6) is 0.706. The van der Waals surface area contributed by atoms with E-state index in [-0.39, 0.29) is 6.10 Å². The smallest absolute Gasteiger partial charge is 0.183 e. The van der Waals surface area contributed by atoms with Crippen molar-refractivity contribution in [2.24, 2.45) is 4.99 Å². The van der Waals surface area contributed by atoms with Gasteiger partial charge in [0, 0.05) is 0 Å². The first-order chi connectivity index (χ1) is 6.59. The van der Waals surface area contributed by atoms with Gasteiger partial charge in [0.05, 0.1) is 18.4 Å². The fourth-order valence-electron chi connectivity index (χ4n) is 1.79. The highest BCUT2D eigenvalue weighted by molar-refractivity contribution is 5.80. The molecule has 0 aromatic heterocycles. The van der Waals surface area contributed by atoms with Gasteiger partial charge in [0.15, 0.2) is 6.29 Å². The topological polar surface area (TPSA) is 94.3 Å². The minimum absolute atomic E-state index is 0.382. The molecule has 6 nitrogen and oxygen atoms in total. The summed E-state index contributed by atoms with van der Waals surface area (Å²) in [6.45, 7) is 2.17. The fraction of sp³-hybridized carbons (Fsp3) is 0.875. The number of nitrogens with one attached hydrogen (secondary N) is 1. The summed E-state index contributed by atoms with van der Waals surface area (Å²) in [6.07, 6.45) is -4.02. The Morgan fingerprint density at radius 3 is 2.79 bits per heavy atom. The summed E-state index contributed by atoms with van der Waals surface area (Å²) in [5.41, 5.74) is 0. The zero-order chi connectivity index (χ0) is 10.3. The van der Waals surface area contributed by atoms with Crippen LogP contribution in [0, 0.1) is 0 Å². The average Bonchev–Trinajstić information content (AvgIpc) is 2.16. The number of amidine groups is 1. The van der Waals surface area contributed by atoms with Crippen molar-refractivity contribution in [3.05, 3.63) is 0 Å². The van der Waals surface area contributed by atoms with Gasteiger partial charge in [-0.2, -0.15) is 0 Å². The Hall–Kier alpha value is -0.690. The van der Waals surface area contributed by atoms with Gasteiger partial charge in [0.1, 0.15) is 18.3 Å². The van der Waals surface area contributed by atoms with Crippen molar-refractivity contribution < 1.29 is 20.1 Å². The van der Waals surface area contributed by atoms with Gasteiger partial charge in [-0.1, -0.05) is 0 Å². The molecular formula is C8H14N2O4. The van der Waals surface area contributed by atoms with Crippen molar-refractivity contribution in [3.63, 3.8) is 0 Å². The fourth-order valence-corrected chi connectivity index (χ4v) is 1.79. The average molecular weight is 202 g/mol. The first-order valence-corrected chi connectivity index (χ1v) is 4.57. The standard InChI is InChI=1S/C8H14N2O4/c1-3-9-2-4-5(10-3)6(11)7(12)8(13)14-4/h4-8,11-13H,2H2,1H3,(H,9,10). The summed E-state index contributed by atoms with van der Waals surface area (Å²) in [5, 5.41) is 31.2. The maximum atomic E-state index is 9.65. The monoisotopic (exact) mass is 202 g/mol. The van der Waals surface area contributed by atoms with Crippen LogP contribution >= 0.6 is 0 Å². The third-order valence-electron chi connectivity index (χ3n) is 2.61. The first kappa shape index (κ1) is 9.85. The lowest BCUT2D eigenvalue weighted by Gasteiger charge is -2.42. The molecule has 0 amide bonds. The zero-order valence-electron chi connectivity index (χ0n) is 7.79. The van der Waals surface area contributed by atoms with Gasteiger partial charge in [0.25, 0.3) is 0 Å². The Balaban J connectivity index is 2.15. The number of ether oxygens (including phenoxy) is 1. The van der Waals surface area contributed by atoms with Crippen molar-refractivity contribution >= 4 is 5.84 Å².